The minimum Gasteiger partial charge on any atom is -0.341 e. The van der Waals surface area contributed by atoms with Gasteiger partial charge in [0.05, 0.1) is 5.92 Å². The summed E-state index contributed by atoms with van der Waals surface area (Å²) in [7, 11) is 1.88. The highest BCUT2D eigenvalue weighted by Crippen LogP contribution is 2.22. The zero-order valence-corrected chi connectivity index (χ0v) is 12.1. The normalized spacial score (nSPS) is 11.9. The molecule has 0 N–H and O–H groups in total. The van der Waals surface area contributed by atoms with Gasteiger partial charge >= 0.3 is 0 Å². The van der Waals surface area contributed by atoms with E-state index in [4.69, 9.17) is 0 Å². The number of hydrogen-bond acceptors (Lipinski definition) is 1. The van der Waals surface area contributed by atoms with Crippen LogP contribution in [-0.4, -0.2) is 17.9 Å². The number of rotatable bonds is 5. The maximum atomic E-state index is 12.6. The maximum absolute atomic E-state index is 12.6. The lowest BCUT2D eigenvalue weighted by Crippen LogP contribution is -2.31. The Labute approximate surface area is 121 Å². The number of carbonyl (C=O) groups excluding carboxylic acids is 1. The molecule has 2 aromatic carbocycles. The van der Waals surface area contributed by atoms with Crippen molar-refractivity contribution in [2.24, 2.45) is 0 Å². The fourth-order valence-electron chi connectivity index (χ4n) is 2.44. The third-order valence-corrected chi connectivity index (χ3v) is 3.55. The number of amides is 1. The predicted molar refractivity (Wildman–Crippen MR) is 82.4 cm³/mol. The Hall–Kier alpha value is -2.09. The molecular formula is C18H21NO. The zero-order valence-electron chi connectivity index (χ0n) is 12.1. The fraction of sp³-hybridized carbons (Fsp3) is 0.278. The predicted octanol–water partition coefficient (Wildman–Crippen LogP) is 3.84. The molecule has 2 rings (SSSR count). The molecule has 0 spiro atoms. The number of hydrogen-bond donors (Lipinski definition) is 0. The van der Waals surface area contributed by atoms with Gasteiger partial charge in [-0.15, -0.1) is 0 Å². The molecule has 1 amide bonds. The second-order valence-electron chi connectivity index (χ2n) is 5.05. The van der Waals surface area contributed by atoms with E-state index in [0.29, 0.717) is 6.54 Å². The SMILES string of the molecule is CC[C@@H](C(=O)N(C)Cc1ccccc1)c1ccccc1. The van der Waals surface area contributed by atoms with Crippen LogP contribution in [0, 0.1) is 0 Å². The Balaban J connectivity index is 2.09. The van der Waals surface area contributed by atoms with Gasteiger partial charge < -0.3 is 4.90 Å². The molecule has 2 heteroatoms. The van der Waals surface area contributed by atoms with Gasteiger partial charge in [0.1, 0.15) is 0 Å². The number of nitrogens with zero attached hydrogens (tertiary/aromatic N) is 1. The smallest absolute Gasteiger partial charge is 0.230 e. The van der Waals surface area contributed by atoms with Gasteiger partial charge in [0.2, 0.25) is 5.91 Å². The molecule has 2 nitrogen and oxygen atoms in total. The summed E-state index contributed by atoms with van der Waals surface area (Å²) in [5, 5.41) is 0. The van der Waals surface area contributed by atoms with Crippen molar-refractivity contribution < 1.29 is 4.79 Å². The molecule has 0 saturated heterocycles. The van der Waals surface area contributed by atoms with Crippen LogP contribution in [0.4, 0.5) is 0 Å². The monoisotopic (exact) mass is 267 g/mol. The van der Waals surface area contributed by atoms with E-state index in [1.54, 1.807) is 0 Å². The van der Waals surface area contributed by atoms with Crippen molar-refractivity contribution in [1.82, 2.24) is 4.90 Å². The third kappa shape index (κ3) is 3.47. The van der Waals surface area contributed by atoms with Crippen molar-refractivity contribution in [2.45, 2.75) is 25.8 Å². The van der Waals surface area contributed by atoms with Crippen LogP contribution in [-0.2, 0) is 11.3 Å². The van der Waals surface area contributed by atoms with Crippen LogP contribution in [0.1, 0.15) is 30.4 Å². The van der Waals surface area contributed by atoms with Gasteiger partial charge in [0, 0.05) is 13.6 Å². The molecule has 0 radical (unpaired) electrons. The number of benzene rings is 2. The van der Waals surface area contributed by atoms with E-state index in [2.05, 4.69) is 6.92 Å². The summed E-state index contributed by atoms with van der Waals surface area (Å²) in [4.78, 5) is 14.4. The Morgan fingerprint density at radius 2 is 1.55 bits per heavy atom. The van der Waals surface area contributed by atoms with Crippen LogP contribution in [0.25, 0.3) is 0 Å². The van der Waals surface area contributed by atoms with E-state index in [0.717, 1.165) is 17.5 Å². The van der Waals surface area contributed by atoms with E-state index in [-0.39, 0.29) is 11.8 Å². The first-order valence-electron chi connectivity index (χ1n) is 7.06. The van der Waals surface area contributed by atoms with E-state index in [1.165, 1.54) is 0 Å². The summed E-state index contributed by atoms with van der Waals surface area (Å²) in [5.74, 6) is 0.132. The Kier molecular flexibility index (Phi) is 4.94. The minimum atomic E-state index is -0.0510. The maximum Gasteiger partial charge on any atom is 0.230 e. The Morgan fingerprint density at radius 3 is 2.10 bits per heavy atom. The van der Waals surface area contributed by atoms with Gasteiger partial charge in [-0.2, -0.15) is 0 Å². The summed E-state index contributed by atoms with van der Waals surface area (Å²) >= 11 is 0. The van der Waals surface area contributed by atoms with Crippen LogP contribution in [0.15, 0.2) is 60.7 Å². The molecule has 2 aromatic rings. The average Bonchev–Trinajstić information content (AvgIpc) is 2.50. The average molecular weight is 267 g/mol. The first-order valence-corrected chi connectivity index (χ1v) is 7.06. The van der Waals surface area contributed by atoms with Crippen molar-refractivity contribution in [3.63, 3.8) is 0 Å². The molecule has 0 saturated carbocycles. The topological polar surface area (TPSA) is 20.3 Å². The van der Waals surface area contributed by atoms with Crippen LogP contribution < -0.4 is 0 Å². The summed E-state index contributed by atoms with van der Waals surface area (Å²) in [6.45, 7) is 2.72. The zero-order chi connectivity index (χ0) is 14.4. The van der Waals surface area contributed by atoms with Crippen LogP contribution in [0.2, 0.25) is 0 Å². The molecule has 1 atom stereocenters. The molecule has 20 heavy (non-hydrogen) atoms. The molecule has 0 unspecified atom stereocenters. The molecule has 0 heterocycles. The summed E-state index contributed by atoms with van der Waals surface area (Å²) in [6, 6.07) is 20.1. The van der Waals surface area contributed by atoms with E-state index < -0.39 is 0 Å². The first-order chi connectivity index (χ1) is 9.72. The lowest BCUT2D eigenvalue weighted by atomic mass is 9.95. The van der Waals surface area contributed by atoms with Crippen molar-refractivity contribution in [1.29, 1.82) is 0 Å². The van der Waals surface area contributed by atoms with Crippen molar-refractivity contribution >= 4 is 5.91 Å². The molecule has 0 aliphatic rings. The van der Waals surface area contributed by atoms with E-state index in [1.807, 2.05) is 72.6 Å². The van der Waals surface area contributed by atoms with Gasteiger partial charge in [-0.05, 0) is 17.5 Å². The summed E-state index contributed by atoms with van der Waals surface area (Å²) < 4.78 is 0. The Morgan fingerprint density at radius 1 is 1.00 bits per heavy atom. The molecule has 0 fully saturated rings. The van der Waals surface area contributed by atoms with Crippen molar-refractivity contribution in [3.8, 4) is 0 Å². The van der Waals surface area contributed by atoms with E-state index in [9.17, 15) is 4.79 Å². The second-order valence-corrected chi connectivity index (χ2v) is 5.05. The molecule has 0 aromatic heterocycles. The highest BCUT2D eigenvalue weighted by molar-refractivity contribution is 5.83. The highest BCUT2D eigenvalue weighted by Gasteiger charge is 2.21. The Bertz CT molecular complexity index is 536. The molecule has 104 valence electrons. The summed E-state index contributed by atoms with van der Waals surface area (Å²) in [5.41, 5.74) is 2.26. The van der Waals surface area contributed by atoms with Crippen LogP contribution in [0.5, 0.6) is 0 Å². The number of likely N-dealkylation sites (N-methyl/N-ethyl adjacent to an activating group) is 1. The van der Waals surface area contributed by atoms with Crippen molar-refractivity contribution in [3.05, 3.63) is 71.8 Å². The van der Waals surface area contributed by atoms with Gasteiger partial charge in [0.25, 0.3) is 0 Å². The third-order valence-electron chi connectivity index (χ3n) is 3.55. The molecule has 0 aliphatic carbocycles. The van der Waals surface area contributed by atoms with Gasteiger partial charge in [-0.3, -0.25) is 4.79 Å². The van der Waals surface area contributed by atoms with Gasteiger partial charge in [-0.1, -0.05) is 67.6 Å². The molecular weight excluding hydrogens is 246 g/mol. The standard InChI is InChI=1S/C18H21NO/c1-3-17(16-12-8-5-9-13-16)18(20)19(2)14-15-10-6-4-7-11-15/h4-13,17H,3,14H2,1-2H3/t17-/m1/s1. The first kappa shape index (κ1) is 14.3. The van der Waals surface area contributed by atoms with Gasteiger partial charge in [0.15, 0.2) is 0 Å². The van der Waals surface area contributed by atoms with E-state index >= 15 is 0 Å². The second kappa shape index (κ2) is 6.90. The van der Waals surface area contributed by atoms with Crippen LogP contribution >= 0.6 is 0 Å². The van der Waals surface area contributed by atoms with Gasteiger partial charge in [-0.25, -0.2) is 0 Å². The highest BCUT2D eigenvalue weighted by atomic mass is 16.2. The lowest BCUT2D eigenvalue weighted by Gasteiger charge is -2.23. The largest absolute Gasteiger partial charge is 0.341 e. The lowest BCUT2D eigenvalue weighted by molar-refractivity contribution is -0.132. The van der Waals surface area contributed by atoms with Crippen molar-refractivity contribution in [2.75, 3.05) is 7.05 Å². The molecule has 0 aliphatic heterocycles. The number of carbonyl (C=O) groups is 1. The molecule has 0 bridgehead atoms. The quantitative estimate of drug-likeness (QED) is 0.806. The summed E-state index contributed by atoms with van der Waals surface area (Å²) in [6.07, 6.45) is 0.821. The minimum absolute atomic E-state index is 0.0510. The van der Waals surface area contributed by atoms with Crippen LogP contribution in [0.3, 0.4) is 0 Å². The fourth-order valence-corrected chi connectivity index (χ4v) is 2.44.